The number of benzene rings is 1. The topological polar surface area (TPSA) is 78.5 Å². The highest BCUT2D eigenvalue weighted by atomic mass is 15.1. The summed E-state index contributed by atoms with van der Waals surface area (Å²) in [6.07, 6.45) is 3.51. The van der Waals surface area contributed by atoms with Gasteiger partial charge in [0.1, 0.15) is 5.82 Å². The average Bonchev–Trinajstić information content (AvgIpc) is 3.00. The zero-order chi connectivity index (χ0) is 17.1. The normalized spacial score (nSPS) is 10.8. The van der Waals surface area contributed by atoms with Crippen LogP contribution in [0, 0.1) is 6.92 Å². The summed E-state index contributed by atoms with van der Waals surface area (Å²) in [6, 6.07) is 15.9. The highest BCUT2D eigenvalue weighted by Gasteiger charge is 2.03. The molecule has 0 unspecified atom stereocenters. The van der Waals surface area contributed by atoms with Crippen molar-refractivity contribution in [2.45, 2.75) is 13.5 Å². The van der Waals surface area contributed by atoms with Gasteiger partial charge in [0.25, 0.3) is 0 Å². The molecule has 0 aliphatic heterocycles. The number of rotatable bonds is 5. The van der Waals surface area contributed by atoms with E-state index in [0.717, 1.165) is 33.8 Å². The fraction of sp³-hybridized carbons (Fsp3) is 0.105. The van der Waals surface area contributed by atoms with Gasteiger partial charge in [0.2, 0.25) is 5.95 Å². The van der Waals surface area contributed by atoms with Crippen LogP contribution in [-0.2, 0) is 6.54 Å². The van der Waals surface area contributed by atoms with Crippen molar-refractivity contribution in [2.24, 2.45) is 0 Å². The second kappa shape index (κ2) is 6.60. The van der Waals surface area contributed by atoms with E-state index in [0.29, 0.717) is 12.5 Å². The van der Waals surface area contributed by atoms with Gasteiger partial charge in [0.15, 0.2) is 0 Å². The predicted molar refractivity (Wildman–Crippen MR) is 99.9 cm³/mol. The van der Waals surface area contributed by atoms with Crippen molar-refractivity contribution in [3.8, 4) is 0 Å². The smallest absolute Gasteiger partial charge is 0.229 e. The molecule has 6 heteroatoms. The van der Waals surface area contributed by atoms with Gasteiger partial charge in [-0.1, -0.05) is 6.07 Å². The molecular formula is C19H18N6. The molecular weight excluding hydrogens is 312 g/mol. The molecule has 124 valence electrons. The van der Waals surface area contributed by atoms with Gasteiger partial charge in [-0.3, -0.25) is 4.98 Å². The van der Waals surface area contributed by atoms with Crippen LogP contribution in [0.25, 0.3) is 10.9 Å². The third-order valence-electron chi connectivity index (χ3n) is 3.84. The van der Waals surface area contributed by atoms with E-state index in [-0.39, 0.29) is 0 Å². The molecule has 25 heavy (non-hydrogen) atoms. The lowest BCUT2D eigenvalue weighted by Crippen LogP contribution is -2.05. The lowest BCUT2D eigenvalue weighted by molar-refractivity contribution is 1.02. The van der Waals surface area contributed by atoms with E-state index in [9.17, 15) is 0 Å². The van der Waals surface area contributed by atoms with E-state index in [1.807, 2.05) is 43.3 Å². The minimum absolute atomic E-state index is 0.553. The quantitative estimate of drug-likeness (QED) is 0.515. The van der Waals surface area contributed by atoms with E-state index in [2.05, 4.69) is 42.7 Å². The largest absolute Gasteiger partial charge is 0.364 e. The number of H-pyrrole nitrogens is 1. The SMILES string of the molecule is Cc1cc2cc(Nc3nccc(NCc4ccccn4)n3)ccc2[nH]1. The molecule has 0 bridgehead atoms. The fourth-order valence-corrected chi connectivity index (χ4v) is 2.69. The van der Waals surface area contributed by atoms with Crippen molar-refractivity contribution >= 4 is 28.4 Å². The number of aryl methyl sites for hydroxylation is 1. The third-order valence-corrected chi connectivity index (χ3v) is 3.84. The van der Waals surface area contributed by atoms with Crippen LogP contribution in [0.4, 0.5) is 17.5 Å². The zero-order valence-electron chi connectivity index (χ0n) is 13.8. The summed E-state index contributed by atoms with van der Waals surface area (Å²) in [5, 5.41) is 7.67. The summed E-state index contributed by atoms with van der Waals surface area (Å²) in [6.45, 7) is 2.67. The van der Waals surface area contributed by atoms with Crippen molar-refractivity contribution < 1.29 is 0 Å². The van der Waals surface area contributed by atoms with Gasteiger partial charge >= 0.3 is 0 Å². The first kappa shape index (κ1) is 15.1. The van der Waals surface area contributed by atoms with Crippen LogP contribution in [0.2, 0.25) is 0 Å². The molecule has 4 rings (SSSR count). The van der Waals surface area contributed by atoms with E-state index in [4.69, 9.17) is 0 Å². The van der Waals surface area contributed by atoms with Gasteiger partial charge in [0, 0.05) is 34.7 Å². The van der Waals surface area contributed by atoms with Crippen LogP contribution in [0.5, 0.6) is 0 Å². The maximum Gasteiger partial charge on any atom is 0.229 e. The number of nitrogens with zero attached hydrogens (tertiary/aromatic N) is 3. The summed E-state index contributed by atoms with van der Waals surface area (Å²) >= 11 is 0. The van der Waals surface area contributed by atoms with Gasteiger partial charge < -0.3 is 15.6 Å². The third kappa shape index (κ3) is 3.58. The molecule has 0 saturated heterocycles. The standard InChI is InChI=1S/C19H18N6/c1-13-10-14-11-15(5-6-17(14)23-13)24-19-21-9-7-18(25-19)22-12-16-4-2-3-8-20-16/h2-11,23H,12H2,1H3,(H2,21,22,24,25). The van der Waals surface area contributed by atoms with Gasteiger partial charge in [-0.25, -0.2) is 4.98 Å². The van der Waals surface area contributed by atoms with Gasteiger partial charge in [0.05, 0.1) is 12.2 Å². The molecule has 1 aromatic carbocycles. The maximum absolute atomic E-state index is 4.50. The molecule has 3 aromatic heterocycles. The number of aromatic amines is 1. The Kier molecular flexibility index (Phi) is 4.00. The monoisotopic (exact) mass is 330 g/mol. The van der Waals surface area contributed by atoms with Crippen molar-refractivity contribution in [3.63, 3.8) is 0 Å². The first-order valence-electron chi connectivity index (χ1n) is 8.09. The van der Waals surface area contributed by atoms with Crippen molar-refractivity contribution in [1.82, 2.24) is 19.9 Å². The number of anilines is 3. The number of fused-ring (bicyclic) bond motifs is 1. The molecule has 3 heterocycles. The molecule has 4 aromatic rings. The van der Waals surface area contributed by atoms with Gasteiger partial charge in [-0.2, -0.15) is 4.98 Å². The summed E-state index contributed by atoms with van der Waals surface area (Å²) in [4.78, 5) is 16.4. The second-order valence-electron chi connectivity index (χ2n) is 5.82. The Morgan fingerprint density at radius 2 is 1.96 bits per heavy atom. The van der Waals surface area contributed by atoms with Crippen LogP contribution >= 0.6 is 0 Å². The Morgan fingerprint density at radius 1 is 1.00 bits per heavy atom. The summed E-state index contributed by atoms with van der Waals surface area (Å²) < 4.78 is 0. The van der Waals surface area contributed by atoms with Crippen molar-refractivity contribution in [3.05, 3.63) is 72.3 Å². The fourth-order valence-electron chi connectivity index (χ4n) is 2.69. The highest BCUT2D eigenvalue weighted by Crippen LogP contribution is 2.22. The number of pyridine rings is 1. The molecule has 0 fully saturated rings. The van der Waals surface area contributed by atoms with Crippen LogP contribution in [0.15, 0.2) is 60.9 Å². The summed E-state index contributed by atoms with van der Waals surface area (Å²) in [7, 11) is 0. The number of aromatic nitrogens is 4. The second-order valence-corrected chi connectivity index (χ2v) is 5.82. The Morgan fingerprint density at radius 3 is 2.84 bits per heavy atom. The van der Waals surface area contributed by atoms with Crippen molar-refractivity contribution in [1.29, 1.82) is 0 Å². The molecule has 0 radical (unpaired) electrons. The first-order valence-corrected chi connectivity index (χ1v) is 8.09. The van der Waals surface area contributed by atoms with Gasteiger partial charge in [-0.15, -0.1) is 0 Å². The number of hydrogen-bond donors (Lipinski definition) is 3. The molecule has 0 atom stereocenters. The molecule has 0 spiro atoms. The average molecular weight is 330 g/mol. The van der Waals surface area contributed by atoms with Crippen LogP contribution in [0.3, 0.4) is 0 Å². The molecule has 0 aliphatic carbocycles. The summed E-state index contributed by atoms with van der Waals surface area (Å²) in [5.74, 6) is 1.30. The molecule has 6 nitrogen and oxygen atoms in total. The lowest BCUT2D eigenvalue weighted by Gasteiger charge is -2.08. The Hall–Kier alpha value is -3.41. The van der Waals surface area contributed by atoms with E-state index < -0.39 is 0 Å². The number of hydrogen-bond acceptors (Lipinski definition) is 5. The van der Waals surface area contributed by atoms with E-state index in [1.54, 1.807) is 12.4 Å². The lowest BCUT2D eigenvalue weighted by atomic mass is 10.2. The van der Waals surface area contributed by atoms with Crippen LogP contribution in [0.1, 0.15) is 11.4 Å². The van der Waals surface area contributed by atoms with Crippen LogP contribution in [-0.4, -0.2) is 19.9 Å². The van der Waals surface area contributed by atoms with Crippen LogP contribution < -0.4 is 10.6 Å². The highest BCUT2D eigenvalue weighted by molar-refractivity contribution is 5.84. The van der Waals surface area contributed by atoms with Crippen molar-refractivity contribution in [2.75, 3.05) is 10.6 Å². The predicted octanol–water partition coefficient (Wildman–Crippen LogP) is 4.02. The maximum atomic E-state index is 4.50. The molecule has 0 saturated carbocycles. The Labute approximate surface area is 145 Å². The minimum Gasteiger partial charge on any atom is -0.364 e. The number of nitrogens with one attached hydrogen (secondary N) is 3. The summed E-state index contributed by atoms with van der Waals surface area (Å²) in [5.41, 5.74) is 4.18. The van der Waals surface area contributed by atoms with E-state index >= 15 is 0 Å². The Balaban J connectivity index is 1.48. The van der Waals surface area contributed by atoms with Gasteiger partial charge in [-0.05, 0) is 49.4 Å². The molecule has 0 aliphatic rings. The Bertz CT molecular complexity index is 993. The minimum atomic E-state index is 0.553. The van der Waals surface area contributed by atoms with E-state index in [1.165, 1.54) is 0 Å². The first-order chi connectivity index (χ1) is 12.3. The molecule has 3 N–H and O–H groups in total. The zero-order valence-corrected chi connectivity index (χ0v) is 13.8. The molecule has 0 amide bonds.